The second-order valence-corrected chi connectivity index (χ2v) is 7.09. The number of nitrogens with zero attached hydrogens (tertiary/aromatic N) is 2. The number of sulfonamides is 1. The number of nitriles is 1. The van der Waals surface area contributed by atoms with Gasteiger partial charge in [-0.25, -0.2) is 8.42 Å². The monoisotopic (exact) mass is 349 g/mol. The predicted molar refractivity (Wildman–Crippen MR) is 86.6 cm³/mol. The third-order valence-corrected chi connectivity index (χ3v) is 4.87. The third kappa shape index (κ3) is 4.00. The predicted octanol–water partition coefficient (Wildman–Crippen LogP) is 3.28. The van der Waals surface area contributed by atoms with E-state index in [2.05, 4.69) is 4.72 Å². The smallest absolute Gasteiger partial charge is 0.273 e. The van der Waals surface area contributed by atoms with E-state index in [0.717, 1.165) is 23.4 Å². The van der Waals surface area contributed by atoms with Crippen LogP contribution < -0.4 is 4.72 Å². The van der Waals surface area contributed by atoms with Crippen LogP contribution in [0.5, 0.6) is 0 Å². The number of thioether (sulfide) groups is 1. The Bertz CT molecular complexity index is 887. The van der Waals surface area contributed by atoms with Crippen molar-refractivity contribution in [2.45, 2.75) is 16.7 Å². The number of rotatable bonds is 5. The molecule has 0 aliphatic heterocycles. The van der Waals surface area contributed by atoms with Crippen molar-refractivity contribution >= 4 is 33.2 Å². The van der Waals surface area contributed by atoms with Crippen LogP contribution in [0.2, 0.25) is 0 Å². The number of thiocyanates is 1. The van der Waals surface area contributed by atoms with E-state index in [1.54, 1.807) is 17.5 Å². The zero-order chi connectivity index (χ0) is 17.0. The van der Waals surface area contributed by atoms with Gasteiger partial charge in [-0.1, -0.05) is 17.7 Å². The molecule has 9 heteroatoms. The minimum absolute atomic E-state index is 0.00729. The fourth-order valence-electron chi connectivity index (χ4n) is 1.79. The molecule has 118 valence electrons. The molecular formula is C14H11N3O4S2. The van der Waals surface area contributed by atoms with Crippen molar-refractivity contribution in [2.75, 3.05) is 4.72 Å². The van der Waals surface area contributed by atoms with Crippen LogP contribution in [0.25, 0.3) is 0 Å². The summed E-state index contributed by atoms with van der Waals surface area (Å²) in [6.45, 7) is 1.82. The van der Waals surface area contributed by atoms with E-state index in [9.17, 15) is 18.5 Å². The molecule has 0 fully saturated rings. The minimum atomic E-state index is -3.94. The number of nitro groups is 1. The van der Waals surface area contributed by atoms with Crippen LogP contribution >= 0.6 is 11.8 Å². The molecule has 0 radical (unpaired) electrons. The Morgan fingerprint density at radius 1 is 1.22 bits per heavy atom. The van der Waals surface area contributed by atoms with Gasteiger partial charge in [0.05, 0.1) is 9.82 Å². The van der Waals surface area contributed by atoms with Gasteiger partial charge in [0.25, 0.3) is 15.7 Å². The second kappa shape index (κ2) is 6.68. The number of benzene rings is 2. The fourth-order valence-corrected chi connectivity index (χ4v) is 3.27. The molecule has 7 nitrogen and oxygen atoms in total. The molecule has 0 aliphatic carbocycles. The SMILES string of the molecule is Cc1ccc(S(=O)(=O)Nc2ccc(SC#N)cc2[N+](=O)[O-])cc1. The van der Waals surface area contributed by atoms with Crippen LogP contribution in [0, 0.1) is 27.7 Å². The summed E-state index contributed by atoms with van der Waals surface area (Å²) in [5.41, 5.74) is 0.326. The molecular weight excluding hydrogens is 338 g/mol. The summed E-state index contributed by atoms with van der Waals surface area (Å²) in [5, 5.41) is 21.5. The van der Waals surface area contributed by atoms with E-state index in [4.69, 9.17) is 5.26 Å². The summed E-state index contributed by atoms with van der Waals surface area (Å²) in [6, 6.07) is 9.97. The second-order valence-electron chi connectivity index (χ2n) is 4.55. The van der Waals surface area contributed by atoms with Crippen LogP contribution in [0.4, 0.5) is 11.4 Å². The average molecular weight is 349 g/mol. The Morgan fingerprint density at radius 3 is 2.43 bits per heavy atom. The van der Waals surface area contributed by atoms with Gasteiger partial charge in [0.2, 0.25) is 0 Å². The summed E-state index contributed by atoms with van der Waals surface area (Å²) in [6.07, 6.45) is 0. The lowest BCUT2D eigenvalue weighted by Crippen LogP contribution is -2.14. The maximum atomic E-state index is 12.3. The van der Waals surface area contributed by atoms with Crippen LogP contribution in [0.15, 0.2) is 52.3 Å². The first-order valence-electron chi connectivity index (χ1n) is 6.27. The average Bonchev–Trinajstić information content (AvgIpc) is 2.49. The highest BCUT2D eigenvalue weighted by Gasteiger charge is 2.21. The van der Waals surface area contributed by atoms with E-state index in [0.29, 0.717) is 4.90 Å². The first kappa shape index (κ1) is 16.8. The largest absolute Gasteiger partial charge is 0.294 e. The van der Waals surface area contributed by atoms with Gasteiger partial charge < -0.3 is 0 Å². The standard InChI is InChI=1S/C14H11N3O4S2/c1-10-2-5-12(6-3-10)23(20,21)16-13-7-4-11(22-9-15)8-14(13)17(18)19/h2-8,16H,1H3. The molecule has 23 heavy (non-hydrogen) atoms. The molecule has 0 atom stereocenters. The van der Waals surface area contributed by atoms with Crippen LogP contribution in [0.3, 0.4) is 0 Å². The van der Waals surface area contributed by atoms with Gasteiger partial charge in [0.1, 0.15) is 11.1 Å². The lowest BCUT2D eigenvalue weighted by atomic mass is 10.2. The van der Waals surface area contributed by atoms with Crippen LogP contribution in [0.1, 0.15) is 5.56 Å². The summed E-state index contributed by atoms with van der Waals surface area (Å²) in [4.78, 5) is 10.8. The molecule has 1 N–H and O–H groups in total. The molecule has 0 spiro atoms. The number of hydrogen-bond donors (Lipinski definition) is 1. The Morgan fingerprint density at radius 2 is 1.87 bits per heavy atom. The Hall–Kier alpha value is -2.57. The molecule has 2 aromatic carbocycles. The molecule has 0 saturated heterocycles. The number of aryl methyl sites for hydroxylation is 1. The Kier molecular flexibility index (Phi) is 4.88. The topological polar surface area (TPSA) is 113 Å². The zero-order valence-corrected chi connectivity index (χ0v) is 13.5. The molecule has 0 bridgehead atoms. The van der Waals surface area contributed by atoms with Gasteiger partial charge in [-0.05, 0) is 43.0 Å². The van der Waals surface area contributed by atoms with Gasteiger partial charge in [0.15, 0.2) is 0 Å². The molecule has 0 amide bonds. The molecule has 2 rings (SSSR count). The van der Waals surface area contributed by atoms with Gasteiger partial charge in [-0.15, -0.1) is 0 Å². The number of nitrogens with one attached hydrogen (secondary N) is 1. The Balaban J connectivity index is 2.41. The van der Waals surface area contributed by atoms with Gasteiger partial charge in [0, 0.05) is 11.0 Å². The lowest BCUT2D eigenvalue weighted by Gasteiger charge is -2.09. The maximum absolute atomic E-state index is 12.3. The van der Waals surface area contributed by atoms with Crippen LogP contribution in [-0.2, 0) is 10.0 Å². The van der Waals surface area contributed by atoms with Crippen molar-refractivity contribution in [1.29, 1.82) is 5.26 Å². The quantitative estimate of drug-likeness (QED) is 0.383. The molecule has 0 aromatic heterocycles. The van der Waals surface area contributed by atoms with Crippen molar-refractivity contribution < 1.29 is 13.3 Å². The first-order chi connectivity index (χ1) is 10.8. The summed E-state index contributed by atoms with van der Waals surface area (Å²) >= 11 is 0.755. The molecule has 0 heterocycles. The minimum Gasteiger partial charge on any atom is -0.273 e. The highest BCUT2D eigenvalue weighted by atomic mass is 32.2. The van der Waals surface area contributed by atoms with Crippen molar-refractivity contribution in [3.05, 3.63) is 58.1 Å². The summed E-state index contributed by atoms with van der Waals surface area (Å²) < 4.78 is 26.8. The summed E-state index contributed by atoms with van der Waals surface area (Å²) in [7, 11) is -3.94. The zero-order valence-electron chi connectivity index (χ0n) is 11.9. The maximum Gasteiger partial charge on any atom is 0.294 e. The van der Waals surface area contributed by atoms with Gasteiger partial charge in [-0.2, -0.15) is 5.26 Å². The fraction of sp³-hybridized carbons (Fsp3) is 0.0714. The van der Waals surface area contributed by atoms with E-state index >= 15 is 0 Å². The van der Waals surface area contributed by atoms with Crippen molar-refractivity contribution in [3.63, 3.8) is 0 Å². The first-order valence-corrected chi connectivity index (χ1v) is 8.57. The van der Waals surface area contributed by atoms with Crippen molar-refractivity contribution in [2.24, 2.45) is 0 Å². The van der Waals surface area contributed by atoms with Crippen LogP contribution in [-0.4, -0.2) is 13.3 Å². The highest BCUT2D eigenvalue weighted by molar-refractivity contribution is 8.03. The van der Waals surface area contributed by atoms with E-state index < -0.39 is 20.6 Å². The highest BCUT2D eigenvalue weighted by Crippen LogP contribution is 2.31. The van der Waals surface area contributed by atoms with E-state index in [1.165, 1.54) is 24.3 Å². The van der Waals surface area contributed by atoms with Crippen molar-refractivity contribution in [3.8, 4) is 5.40 Å². The molecule has 0 aliphatic rings. The van der Waals surface area contributed by atoms with E-state index in [1.807, 2.05) is 6.92 Å². The van der Waals surface area contributed by atoms with Crippen molar-refractivity contribution in [1.82, 2.24) is 0 Å². The normalized spacial score (nSPS) is 10.8. The lowest BCUT2D eigenvalue weighted by molar-refractivity contribution is -0.384. The van der Waals surface area contributed by atoms with Gasteiger partial charge in [-0.3, -0.25) is 14.8 Å². The number of hydrogen-bond acceptors (Lipinski definition) is 6. The molecule has 0 saturated carbocycles. The van der Waals surface area contributed by atoms with E-state index in [-0.39, 0.29) is 10.6 Å². The van der Waals surface area contributed by atoms with Gasteiger partial charge >= 0.3 is 0 Å². The number of anilines is 1. The molecule has 2 aromatic rings. The Labute approximate surface area is 137 Å². The number of nitro benzene ring substituents is 1. The molecule has 0 unspecified atom stereocenters. The third-order valence-electron chi connectivity index (χ3n) is 2.90. The summed E-state index contributed by atoms with van der Waals surface area (Å²) in [5.74, 6) is 0.